The van der Waals surface area contributed by atoms with E-state index in [9.17, 15) is 8.42 Å². The largest absolute Gasteiger partial charge is 0.494 e. The van der Waals surface area contributed by atoms with Gasteiger partial charge in [-0.05, 0) is 42.8 Å². The van der Waals surface area contributed by atoms with Crippen molar-refractivity contribution in [3.05, 3.63) is 53.3 Å². The molecule has 0 spiro atoms. The Bertz CT molecular complexity index is 715. The molecule has 0 saturated carbocycles. The summed E-state index contributed by atoms with van der Waals surface area (Å²) in [6.45, 7) is 2.46. The Morgan fingerprint density at radius 3 is 2.41 bits per heavy atom. The van der Waals surface area contributed by atoms with Crippen LogP contribution in [0.4, 0.5) is 5.69 Å². The molecule has 0 bridgehead atoms. The van der Waals surface area contributed by atoms with Crippen LogP contribution >= 0.6 is 11.6 Å². The van der Waals surface area contributed by atoms with Gasteiger partial charge in [-0.1, -0.05) is 17.7 Å². The van der Waals surface area contributed by atoms with E-state index >= 15 is 0 Å². The van der Waals surface area contributed by atoms with E-state index in [-0.39, 0.29) is 5.75 Å². The van der Waals surface area contributed by atoms with Crippen molar-refractivity contribution in [1.82, 2.24) is 4.98 Å². The van der Waals surface area contributed by atoms with Gasteiger partial charge in [0.1, 0.15) is 10.9 Å². The Balaban J connectivity index is 2.15. The van der Waals surface area contributed by atoms with Crippen LogP contribution in [-0.2, 0) is 15.8 Å². The van der Waals surface area contributed by atoms with Gasteiger partial charge in [-0.3, -0.25) is 4.31 Å². The molecule has 5 nitrogen and oxygen atoms in total. The molecular weight excluding hydrogens is 324 g/mol. The van der Waals surface area contributed by atoms with E-state index in [1.54, 1.807) is 36.4 Å². The summed E-state index contributed by atoms with van der Waals surface area (Å²) in [6, 6.07) is 10.1. The number of rotatable bonds is 6. The molecule has 0 aliphatic rings. The maximum absolute atomic E-state index is 12.4. The molecule has 0 saturated heterocycles. The van der Waals surface area contributed by atoms with Crippen molar-refractivity contribution in [2.75, 3.05) is 18.0 Å². The van der Waals surface area contributed by atoms with Gasteiger partial charge in [-0.25, -0.2) is 13.4 Å². The quantitative estimate of drug-likeness (QED) is 0.758. The third kappa shape index (κ3) is 4.11. The van der Waals surface area contributed by atoms with Crippen LogP contribution < -0.4 is 9.04 Å². The van der Waals surface area contributed by atoms with Gasteiger partial charge >= 0.3 is 0 Å². The number of nitrogens with zero attached hydrogens (tertiary/aromatic N) is 2. The van der Waals surface area contributed by atoms with Crippen LogP contribution in [-0.4, -0.2) is 27.1 Å². The molecule has 22 heavy (non-hydrogen) atoms. The van der Waals surface area contributed by atoms with Crippen LogP contribution in [0.15, 0.2) is 42.6 Å². The van der Waals surface area contributed by atoms with Crippen LogP contribution in [0.1, 0.15) is 12.5 Å². The lowest BCUT2D eigenvalue weighted by molar-refractivity contribution is 0.340. The molecule has 7 heteroatoms. The molecule has 0 radical (unpaired) electrons. The number of halogens is 1. The minimum absolute atomic E-state index is 0.138. The molecule has 0 amide bonds. The summed E-state index contributed by atoms with van der Waals surface area (Å²) < 4.78 is 31.5. The monoisotopic (exact) mass is 340 g/mol. The van der Waals surface area contributed by atoms with Gasteiger partial charge in [-0.2, -0.15) is 0 Å². The van der Waals surface area contributed by atoms with Crippen molar-refractivity contribution in [2.24, 2.45) is 0 Å². The molecule has 0 aliphatic heterocycles. The van der Waals surface area contributed by atoms with Crippen LogP contribution in [0, 0.1) is 0 Å². The molecule has 0 fully saturated rings. The van der Waals surface area contributed by atoms with Crippen molar-refractivity contribution in [3.8, 4) is 5.75 Å². The molecule has 2 rings (SSSR count). The molecular formula is C15H17ClN2O3S. The van der Waals surface area contributed by atoms with Gasteiger partial charge in [0.15, 0.2) is 0 Å². The summed E-state index contributed by atoms with van der Waals surface area (Å²) in [5, 5.41) is 0.334. The standard InChI is InChI=1S/C15H17ClN2O3S/c1-3-21-14-7-5-13(6-8-14)18(2)22(19,20)11-12-4-9-15(16)17-10-12/h4-10H,3,11H2,1-2H3. The number of anilines is 1. The predicted molar refractivity (Wildman–Crippen MR) is 87.9 cm³/mol. The van der Waals surface area contributed by atoms with Gasteiger partial charge in [0, 0.05) is 13.2 Å². The zero-order valence-corrected chi connectivity index (χ0v) is 13.9. The first-order chi connectivity index (χ1) is 10.4. The molecule has 0 N–H and O–H groups in total. The first-order valence-corrected chi connectivity index (χ1v) is 8.71. The Kier molecular flexibility index (Phi) is 5.26. The third-order valence-electron chi connectivity index (χ3n) is 3.07. The summed E-state index contributed by atoms with van der Waals surface area (Å²) in [7, 11) is -1.97. The molecule has 1 heterocycles. The molecule has 2 aromatic rings. The molecule has 0 aliphatic carbocycles. The van der Waals surface area contributed by atoms with Crippen molar-refractivity contribution >= 4 is 27.3 Å². The topological polar surface area (TPSA) is 59.5 Å². The normalized spacial score (nSPS) is 11.2. The van der Waals surface area contributed by atoms with Crippen LogP contribution in [0.2, 0.25) is 5.15 Å². The lowest BCUT2D eigenvalue weighted by Crippen LogP contribution is -2.27. The molecule has 1 aromatic carbocycles. The lowest BCUT2D eigenvalue weighted by Gasteiger charge is -2.19. The third-order valence-corrected chi connectivity index (χ3v) is 5.03. The average molecular weight is 341 g/mol. The van der Waals surface area contributed by atoms with Crippen molar-refractivity contribution < 1.29 is 13.2 Å². The zero-order valence-electron chi connectivity index (χ0n) is 12.4. The number of aromatic nitrogens is 1. The van der Waals surface area contributed by atoms with Crippen molar-refractivity contribution in [2.45, 2.75) is 12.7 Å². The highest BCUT2D eigenvalue weighted by atomic mass is 35.5. The van der Waals surface area contributed by atoms with Crippen LogP contribution in [0.25, 0.3) is 0 Å². The van der Waals surface area contributed by atoms with E-state index in [1.165, 1.54) is 17.5 Å². The first-order valence-electron chi connectivity index (χ1n) is 6.72. The van der Waals surface area contributed by atoms with Crippen molar-refractivity contribution in [1.29, 1.82) is 0 Å². The van der Waals surface area contributed by atoms with E-state index in [1.807, 2.05) is 6.92 Å². The highest BCUT2D eigenvalue weighted by Gasteiger charge is 2.19. The van der Waals surface area contributed by atoms with E-state index in [4.69, 9.17) is 16.3 Å². The number of ether oxygens (including phenoxy) is 1. The van der Waals surface area contributed by atoms with Gasteiger partial charge in [-0.15, -0.1) is 0 Å². The minimum Gasteiger partial charge on any atom is -0.494 e. The maximum Gasteiger partial charge on any atom is 0.239 e. The Morgan fingerprint density at radius 1 is 1.18 bits per heavy atom. The van der Waals surface area contributed by atoms with E-state index in [2.05, 4.69) is 4.98 Å². The number of hydrogen-bond donors (Lipinski definition) is 0. The Hall–Kier alpha value is -1.79. The number of benzene rings is 1. The SMILES string of the molecule is CCOc1ccc(N(C)S(=O)(=O)Cc2ccc(Cl)nc2)cc1. The molecule has 1 aromatic heterocycles. The summed E-state index contributed by atoms with van der Waals surface area (Å²) in [6.07, 6.45) is 1.46. The first kappa shape index (κ1) is 16.6. The second-order valence-electron chi connectivity index (χ2n) is 4.64. The summed E-state index contributed by atoms with van der Waals surface area (Å²) in [5.41, 5.74) is 1.16. The Morgan fingerprint density at radius 2 is 1.86 bits per heavy atom. The fourth-order valence-electron chi connectivity index (χ4n) is 1.88. The number of sulfonamides is 1. The summed E-state index contributed by atoms with van der Waals surface area (Å²) in [5.74, 6) is 0.569. The Labute approximate surface area is 135 Å². The molecule has 0 atom stereocenters. The highest BCUT2D eigenvalue weighted by Crippen LogP contribution is 2.22. The zero-order chi connectivity index (χ0) is 16.2. The summed E-state index contributed by atoms with van der Waals surface area (Å²) in [4.78, 5) is 3.89. The number of hydrogen-bond acceptors (Lipinski definition) is 4. The summed E-state index contributed by atoms with van der Waals surface area (Å²) >= 11 is 5.70. The van der Waals surface area contributed by atoms with Crippen LogP contribution in [0.5, 0.6) is 5.75 Å². The van der Waals surface area contributed by atoms with Gasteiger partial charge < -0.3 is 4.74 Å². The fraction of sp³-hybridized carbons (Fsp3) is 0.267. The lowest BCUT2D eigenvalue weighted by atomic mass is 10.3. The van der Waals surface area contributed by atoms with Crippen molar-refractivity contribution in [3.63, 3.8) is 0 Å². The highest BCUT2D eigenvalue weighted by molar-refractivity contribution is 7.92. The van der Waals surface area contributed by atoms with Gasteiger partial charge in [0.2, 0.25) is 10.0 Å². The van der Waals surface area contributed by atoms with Crippen LogP contribution in [0.3, 0.4) is 0 Å². The van der Waals surface area contributed by atoms with Gasteiger partial charge in [0.05, 0.1) is 18.0 Å². The molecule has 0 unspecified atom stereocenters. The average Bonchev–Trinajstić information content (AvgIpc) is 2.50. The predicted octanol–water partition coefficient (Wildman–Crippen LogP) is 3.10. The second kappa shape index (κ2) is 6.98. The molecule has 118 valence electrons. The smallest absolute Gasteiger partial charge is 0.239 e. The van der Waals surface area contributed by atoms with E-state index < -0.39 is 10.0 Å². The minimum atomic E-state index is -3.49. The maximum atomic E-state index is 12.4. The fourth-order valence-corrected chi connectivity index (χ4v) is 3.22. The van der Waals surface area contributed by atoms with E-state index in [0.29, 0.717) is 28.8 Å². The second-order valence-corrected chi connectivity index (χ2v) is 7.03. The van der Waals surface area contributed by atoms with E-state index in [0.717, 1.165) is 0 Å². The number of pyridine rings is 1. The van der Waals surface area contributed by atoms with Gasteiger partial charge in [0.25, 0.3) is 0 Å².